The van der Waals surface area contributed by atoms with Crippen molar-refractivity contribution in [1.82, 2.24) is 10.2 Å². The molecular weight excluding hydrogens is 225 g/mol. The Balaban J connectivity index is 2.18. The number of hydrogen-bond acceptors (Lipinski definition) is 4. The van der Waals surface area contributed by atoms with Gasteiger partial charge in [-0.25, -0.2) is 4.39 Å². The van der Waals surface area contributed by atoms with Crippen LogP contribution in [0.3, 0.4) is 0 Å². The number of nitrogens with zero attached hydrogens (tertiary/aromatic N) is 2. The Kier molecular flexibility index (Phi) is 3.13. The van der Waals surface area contributed by atoms with Gasteiger partial charge in [-0.2, -0.15) is 0 Å². The fourth-order valence-corrected chi connectivity index (χ4v) is 1.19. The predicted molar refractivity (Wildman–Crippen MR) is 58.6 cm³/mol. The summed E-state index contributed by atoms with van der Waals surface area (Å²) in [5.41, 5.74) is 0.593. The number of carbonyl (C=O) groups excluding carboxylic acids is 1. The lowest BCUT2D eigenvalue weighted by molar-refractivity contribution is -0.116. The van der Waals surface area contributed by atoms with E-state index in [0.717, 1.165) is 0 Å². The number of hydrogen-bond donors (Lipinski definition) is 1. The van der Waals surface area contributed by atoms with Crippen LogP contribution in [0.25, 0.3) is 11.5 Å². The van der Waals surface area contributed by atoms with Gasteiger partial charge in [0.25, 0.3) is 0 Å². The molecule has 0 radical (unpaired) electrons. The van der Waals surface area contributed by atoms with Crippen LogP contribution in [0.2, 0.25) is 0 Å². The lowest BCUT2D eigenvalue weighted by Crippen LogP contribution is -2.09. The van der Waals surface area contributed by atoms with Crippen LogP contribution in [0.1, 0.15) is 13.3 Å². The monoisotopic (exact) mass is 235 g/mol. The zero-order valence-electron chi connectivity index (χ0n) is 9.11. The first-order valence-electron chi connectivity index (χ1n) is 5.08. The maximum absolute atomic E-state index is 12.7. The summed E-state index contributed by atoms with van der Waals surface area (Å²) in [5.74, 6) is -0.316. The number of nitrogens with one attached hydrogen (secondary N) is 1. The van der Waals surface area contributed by atoms with Crippen molar-refractivity contribution in [2.24, 2.45) is 0 Å². The van der Waals surface area contributed by atoms with Crippen molar-refractivity contribution in [3.8, 4) is 11.5 Å². The van der Waals surface area contributed by atoms with E-state index >= 15 is 0 Å². The highest BCUT2D eigenvalue weighted by molar-refractivity contribution is 5.88. The summed E-state index contributed by atoms with van der Waals surface area (Å²) in [5, 5.41) is 9.85. The molecular formula is C11H10FN3O2. The maximum Gasteiger partial charge on any atom is 0.322 e. The van der Waals surface area contributed by atoms with E-state index in [-0.39, 0.29) is 23.6 Å². The smallest absolute Gasteiger partial charge is 0.322 e. The van der Waals surface area contributed by atoms with Crippen molar-refractivity contribution in [3.63, 3.8) is 0 Å². The molecule has 88 valence electrons. The van der Waals surface area contributed by atoms with E-state index in [9.17, 15) is 9.18 Å². The lowest BCUT2D eigenvalue weighted by Gasteiger charge is -1.95. The van der Waals surface area contributed by atoms with Crippen molar-refractivity contribution in [2.75, 3.05) is 5.32 Å². The molecule has 0 atom stereocenters. The van der Waals surface area contributed by atoms with E-state index in [1.807, 2.05) is 0 Å². The first-order chi connectivity index (χ1) is 8.19. The number of amides is 1. The van der Waals surface area contributed by atoms with E-state index in [2.05, 4.69) is 15.5 Å². The summed E-state index contributed by atoms with van der Waals surface area (Å²) in [6, 6.07) is 5.67. The third-order valence-corrected chi connectivity index (χ3v) is 2.08. The van der Waals surface area contributed by atoms with Gasteiger partial charge in [0.1, 0.15) is 5.82 Å². The lowest BCUT2D eigenvalue weighted by atomic mass is 10.2. The molecule has 0 unspecified atom stereocenters. The first kappa shape index (κ1) is 11.3. The van der Waals surface area contributed by atoms with Gasteiger partial charge in [0.2, 0.25) is 11.8 Å². The van der Waals surface area contributed by atoms with E-state index in [1.54, 1.807) is 6.92 Å². The molecule has 2 rings (SSSR count). The molecule has 1 N–H and O–H groups in total. The van der Waals surface area contributed by atoms with Crippen LogP contribution in [0, 0.1) is 5.82 Å². The van der Waals surface area contributed by atoms with Gasteiger partial charge in [-0.1, -0.05) is 12.0 Å². The second-order valence-corrected chi connectivity index (χ2v) is 3.32. The topological polar surface area (TPSA) is 68.0 Å². The van der Waals surface area contributed by atoms with Crippen LogP contribution in [0.5, 0.6) is 0 Å². The largest absolute Gasteiger partial charge is 0.403 e. The molecule has 0 spiro atoms. The Morgan fingerprint density at radius 3 is 2.71 bits per heavy atom. The van der Waals surface area contributed by atoms with Crippen LogP contribution >= 0.6 is 0 Å². The SMILES string of the molecule is CCC(=O)Nc1nnc(-c2ccc(F)cc2)o1. The number of benzene rings is 1. The summed E-state index contributed by atoms with van der Waals surface area (Å²) >= 11 is 0. The second kappa shape index (κ2) is 4.73. The molecule has 1 heterocycles. The fourth-order valence-electron chi connectivity index (χ4n) is 1.19. The second-order valence-electron chi connectivity index (χ2n) is 3.32. The Morgan fingerprint density at radius 1 is 1.35 bits per heavy atom. The maximum atomic E-state index is 12.7. The van der Waals surface area contributed by atoms with Gasteiger partial charge in [-0.05, 0) is 24.3 Å². The fraction of sp³-hybridized carbons (Fsp3) is 0.182. The summed E-state index contributed by atoms with van der Waals surface area (Å²) in [7, 11) is 0. The van der Waals surface area contributed by atoms with Gasteiger partial charge in [-0.15, -0.1) is 5.10 Å². The van der Waals surface area contributed by atoms with Crippen LogP contribution in [0.15, 0.2) is 28.7 Å². The molecule has 5 nitrogen and oxygen atoms in total. The normalized spacial score (nSPS) is 10.2. The van der Waals surface area contributed by atoms with Crippen molar-refractivity contribution in [1.29, 1.82) is 0 Å². The Morgan fingerprint density at radius 2 is 2.06 bits per heavy atom. The Bertz CT molecular complexity index is 522. The molecule has 1 amide bonds. The van der Waals surface area contributed by atoms with Gasteiger partial charge >= 0.3 is 6.01 Å². The Hall–Kier alpha value is -2.24. The van der Waals surface area contributed by atoms with Gasteiger partial charge in [0.05, 0.1) is 0 Å². The highest BCUT2D eigenvalue weighted by Gasteiger charge is 2.10. The molecule has 0 aliphatic rings. The predicted octanol–water partition coefficient (Wildman–Crippen LogP) is 2.22. The van der Waals surface area contributed by atoms with Gasteiger partial charge in [-0.3, -0.25) is 10.1 Å². The van der Waals surface area contributed by atoms with Crippen LogP contribution < -0.4 is 5.32 Å². The molecule has 0 saturated carbocycles. The summed E-state index contributed by atoms with van der Waals surface area (Å²) in [6.07, 6.45) is 0.328. The number of rotatable bonds is 3. The highest BCUT2D eigenvalue weighted by atomic mass is 19.1. The van der Waals surface area contributed by atoms with Crippen molar-refractivity contribution >= 4 is 11.9 Å². The molecule has 2 aromatic rings. The highest BCUT2D eigenvalue weighted by Crippen LogP contribution is 2.19. The quantitative estimate of drug-likeness (QED) is 0.885. The van der Waals surface area contributed by atoms with E-state index in [0.29, 0.717) is 12.0 Å². The van der Waals surface area contributed by atoms with E-state index in [1.165, 1.54) is 24.3 Å². The van der Waals surface area contributed by atoms with Gasteiger partial charge < -0.3 is 4.42 Å². The first-order valence-corrected chi connectivity index (χ1v) is 5.08. The molecule has 1 aromatic carbocycles. The number of anilines is 1. The zero-order chi connectivity index (χ0) is 12.3. The summed E-state index contributed by atoms with van der Waals surface area (Å²) < 4.78 is 17.9. The van der Waals surface area contributed by atoms with Crippen LogP contribution in [-0.4, -0.2) is 16.1 Å². The molecule has 0 bridgehead atoms. The van der Waals surface area contributed by atoms with Crippen LogP contribution in [-0.2, 0) is 4.79 Å². The molecule has 6 heteroatoms. The van der Waals surface area contributed by atoms with Crippen molar-refractivity contribution < 1.29 is 13.6 Å². The molecule has 17 heavy (non-hydrogen) atoms. The molecule has 1 aromatic heterocycles. The average molecular weight is 235 g/mol. The summed E-state index contributed by atoms with van der Waals surface area (Å²) in [4.78, 5) is 11.1. The van der Waals surface area contributed by atoms with Gasteiger partial charge in [0.15, 0.2) is 0 Å². The molecule has 0 aliphatic heterocycles. The molecule has 0 saturated heterocycles. The minimum Gasteiger partial charge on any atom is -0.403 e. The molecule has 0 fully saturated rings. The van der Waals surface area contributed by atoms with Crippen LogP contribution in [0.4, 0.5) is 10.4 Å². The number of carbonyl (C=O) groups is 1. The van der Waals surface area contributed by atoms with Crippen molar-refractivity contribution in [3.05, 3.63) is 30.1 Å². The Labute approximate surface area is 96.7 Å². The number of aromatic nitrogens is 2. The molecule has 0 aliphatic carbocycles. The summed E-state index contributed by atoms with van der Waals surface area (Å²) in [6.45, 7) is 1.71. The minimum atomic E-state index is -0.340. The van der Waals surface area contributed by atoms with E-state index in [4.69, 9.17) is 4.42 Å². The zero-order valence-corrected chi connectivity index (χ0v) is 9.11. The third kappa shape index (κ3) is 2.66. The van der Waals surface area contributed by atoms with Gasteiger partial charge in [0, 0.05) is 12.0 Å². The standard InChI is InChI=1S/C11H10FN3O2/c1-2-9(16)13-11-15-14-10(17-11)7-3-5-8(12)6-4-7/h3-6H,2H2,1H3,(H,13,15,16). The average Bonchev–Trinajstić information content (AvgIpc) is 2.78. The minimum absolute atomic E-state index is 0.0381. The third-order valence-electron chi connectivity index (χ3n) is 2.08. The van der Waals surface area contributed by atoms with E-state index < -0.39 is 0 Å². The number of halogens is 1. The van der Waals surface area contributed by atoms with Crippen molar-refractivity contribution in [2.45, 2.75) is 13.3 Å².